The molecule has 1 fully saturated rings. The van der Waals surface area contributed by atoms with Crippen LogP contribution in [0.25, 0.3) is 0 Å². The van der Waals surface area contributed by atoms with Crippen LogP contribution in [0.3, 0.4) is 0 Å². The van der Waals surface area contributed by atoms with Crippen molar-refractivity contribution in [2.24, 2.45) is 0 Å². The van der Waals surface area contributed by atoms with Crippen LogP contribution in [-0.2, 0) is 21.1 Å². The summed E-state index contributed by atoms with van der Waals surface area (Å²) in [5.74, 6) is 0.213. The molecule has 2 rings (SSSR count). The normalized spacial score (nSPS) is 19.2. The van der Waals surface area contributed by atoms with Crippen LogP contribution in [0.5, 0.6) is 0 Å². The second kappa shape index (κ2) is 7.04. The predicted molar refractivity (Wildman–Crippen MR) is 82.6 cm³/mol. The third-order valence-corrected chi connectivity index (χ3v) is 4.68. The molecule has 0 spiro atoms. The van der Waals surface area contributed by atoms with Gasteiger partial charge >= 0.3 is 0 Å². The van der Waals surface area contributed by atoms with Crippen molar-refractivity contribution in [1.29, 1.82) is 0 Å². The molecular weight excluding hydrogens is 288 g/mol. The average molecular weight is 310 g/mol. The van der Waals surface area contributed by atoms with Crippen molar-refractivity contribution < 1.29 is 13.2 Å². The van der Waals surface area contributed by atoms with Gasteiger partial charge in [-0.1, -0.05) is 30.3 Å². The monoisotopic (exact) mass is 310 g/mol. The summed E-state index contributed by atoms with van der Waals surface area (Å²) in [6, 6.07) is 9.94. The number of carbonyl (C=O) groups excluding carboxylic acids is 1. The van der Waals surface area contributed by atoms with Crippen molar-refractivity contribution in [3.05, 3.63) is 35.9 Å². The minimum atomic E-state index is -2.95. The molecule has 5 nitrogen and oxygen atoms in total. The number of sulfone groups is 1. The lowest BCUT2D eigenvalue weighted by Crippen LogP contribution is -2.32. The van der Waals surface area contributed by atoms with Crippen LogP contribution in [0.1, 0.15) is 18.4 Å². The Morgan fingerprint density at radius 3 is 2.67 bits per heavy atom. The molecule has 1 amide bonds. The molecule has 0 radical (unpaired) electrons. The fraction of sp³-hybridized carbons (Fsp3) is 0.533. The molecule has 21 heavy (non-hydrogen) atoms. The lowest BCUT2D eigenvalue weighted by atomic mass is 10.1. The van der Waals surface area contributed by atoms with Crippen LogP contribution in [0, 0.1) is 0 Å². The quantitative estimate of drug-likeness (QED) is 0.809. The van der Waals surface area contributed by atoms with Crippen LogP contribution in [0.4, 0.5) is 0 Å². The second-order valence-electron chi connectivity index (χ2n) is 5.52. The predicted octanol–water partition coefficient (Wildman–Crippen LogP) is 0.812. The molecule has 1 atom stereocenters. The SMILES string of the molecule is CS(=O)(=O)CCCN1CNC(CCc2ccccc2)C1=O. The number of hydrogen-bond acceptors (Lipinski definition) is 4. The number of carbonyl (C=O) groups is 1. The molecule has 1 aliphatic heterocycles. The number of amides is 1. The van der Waals surface area contributed by atoms with Crippen molar-refractivity contribution in [3.63, 3.8) is 0 Å². The molecule has 1 aliphatic rings. The lowest BCUT2D eigenvalue weighted by Gasteiger charge is -2.15. The molecule has 6 heteroatoms. The van der Waals surface area contributed by atoms with Gasteiger partial charge < -0.3 is 4.90 Å². The Kier molecular flexibility index (Phi) is 5.36. The van der Waals surface area contributed by atoms with Gasteiger partial charge in [-0.05, 0) is 24.8 Å². The van der Waals surface area contributed by atoms with Crippen LogP contribution < -0.4 is 5.32 Å². The van der Waals surface area contributed by atoms with Crippen molar-refractivity contribution in [3.8, 4) is 0 Å². The first kappa shape index (κ1) is 16.0. The van der Waals surface area contributed by atoms with Gasteiger partial charge in [-0.25, -0.2) is 8.42 Å². The van der Waals surface area contributed by atoms with Crippen LogP contribution >= 0.6 is 0 Å². The molecule has 0 bridgehead atoms. The number of rotatable bonds is 7. The first-order valence-electron chi connectivity index (χ1n) is 7.19. The summed E-state index contributed by atoms with van der Waals surface area (Å²) in [6.07, 6.45) is 3.35. The Labute approximate surface area is 126 Å². The second-order valence-corrected chi connectivity index (χ2v) is 7.78. The molecule has 1 aromatic carbocycles. The highest BCUT2D eigenvalue weighted by Crippen LogP contribution is 2.12. The summed E-state index contributed by atoms with van der Waals surface area (Å²) in [6.45, 7) is 1.02. The van der Waals surface area contributed by atoms with E-state index in [1.807, 2.05) is 18.2 Å². The van der Waals surface area contributed by atoms with Gasteiger partial charge in [0.1, 0.15) is 9.84 Å². The molecule has 1 unspecified atom stereocenters. The number of hydrogen-bond donors (Lipinski definition) is 1. The van der Waals surface area contributed by atoms with Gasteiger partial charge in [-0.2, -0.15) is 0 Å². The van der Waals surface area contributed by atoms with E-state index in [1.165, 1.54) is 11.8 Å². The van der Waals surface area contributed by atoms with Crippen LogP contribution in [0.2, 0.25) is 0 Å². The fourth-order valence-corrected chi connectivity index (χ4v) is 3.15. The zero-order valence-electron chi connectivity index (χ0n) is 12.3. The lowest BCUT2D eigenvalue weighted by molar-refractivity contribution is -0.129. The van der Waals surface area contributed by atoms with E-state index in [2.05, 4.69) is 17.4 Å². The van der Waals surface area contributed by atoms with Gasteiger partial charge in [0, 0.05) is 12.8 Å². The van der Waals surface area contributed by atoms with E-state index in [1.54, 1.807) is 4.90 Å². The summed E-state index contributed by atoms with van der Waals surface area (Å²) >= 11 is 0. The molecule has 0 saturated carbocycles. The maximum atomic E-state index is 12.2. The summed E-state index contributed by atoms with van der Waals surface area (Å²) in [7, 11) is -2.95. The van der Waals surface area contributed by atoms with Crippen molar-refractivity contribution in [2.45, 2.75) is 25.3 Å². The van der Waals surface area contributed by atoms with Gasteiger partial charge in [0.05, 0.1) is 18.5 Å². The van der Waals surface area contributed by atoms with E-state index in [4.69, 9.17) is 0 Å². The summed E-state index contributed by atoms with van der Waals surface area (Å²) in [5.41, 5.74) is 1.22. The maximum absolute atomic E-state index is 12.2. The minimum Gasteiger partial charge on any atom is -0.329 e. The summed E-state index contributed by atoms with van der Waals surface area (Å²) < 4.78 is 22.2. The Morgan fingerprint density at radius 1 is 1.29 bits per heavy atom. The third-order valence-electron chi connectivity index (χ3n) is 3.65. The summed E-state index contributed by atoms with van der Waals surface area (Å²) in [5, 5.41) is 3.20. The van der Waals surface area contributed by atoms with E-state index in [9.17, 15) is 13.2 Å². The smallest absolute Gasteiger partial charge is 0.240 e. The minimum absolute atomic E-state index is 0.0828. The van der Waals surface area contributed by atoms with Crippen LogP contribution in [-0.4, -0.2) is 50.5 Å². The van der Waals surface area contributed by atoms with Gasteiger partial charge in [0.2, 0.25) is 5.91 Å². The first-order chi connectivity index (χ1) is 9.96. The van der Waals surface area contributed by atoms with Crippen molar-refractivity contribution in [1.82, 2.24) is 10.2 Å². The zero-order valence-corrected chi connectivity index (χ0v) is 13.1. The Balaban J connectivity index is 1.76. The van der Waals surface area contributed by atoms with Crippen LogP contribution in [0.15, 0.2) is 30.3 Å². The first-order valence-corrected chi connectivity index (χ1v) is 9.25. The van der Waals surface area contributed by atoms with Crippen molar-refractivity contribution >= 4 is 15.7 Å². The molecule has 0 aliphatic carbocycles. The Morgan fingerprint density at radius 2 is 2.00 bits per heavy atom. The fourth-order valence-electron chi connectivity index (χ4n) is 2.49. The van der Waals surface area contributed by atoms with E-state index < -0.39 is 9.84 Å². The van der Waals surface area contributed by atoms with E-state index in [0.717, 1.165) is 12.8 Å². The van der Waals surface area contributed by atoms with E-state index in [-0.39, 0.29) is 17.7 Å². The molecule has 1 N–H and O–H groups in total. The van der Waals surface area contributed by atoms with Gasteiger partial charge in [0.15, 0.2) is 0 Å². The maximum Gasteiger partial charge on any atom is 0.240 e. The molecule has 1 saturated heterocycles. The largest absolute Gasteiger partial charge is 0.329 e. The zero-order chi connectivity index (χ0) is 15.3. The standard InChI is InChI=1S/C15H22N2O3S/c1-21(19,20)11-5-10-17-12-16-14(15(17)18)9-8-13-6-3-2-4-7-13/h2-4,6-7,14,16H,5,8-12H2,1H3. The molecule has 1 aromatic rings. The molecule has 1 heterocycles. The topological polar surface area (TPSA) is 66.5 Å². The highest BCUT2D eigenvalue weighted by molar-refractivity contribution is 7.90. The number of nitrogens with zero attached hydrogens (tertiary/aromatic N) is 1. The van der Waals surface area contributed by atoms with Gasteiger partial charge in [-0.15, -0.1) is 0 Å². The van der Waals surface area contributed by atoms with Crippen molar-refractivity contribution in [2.75, 3.05) is 25.2 Å². The van der Waals surface area contributed by atoms with Gasteiger partial charge in [-0.3, -0.25) is 10.1 Å². The molecule has 116 valence electrons. The van der Waals surface area contributed by atoms with E-state index in [0.29, 0.717) is 19.6 Å². The summed E-state index contributed by atoms with van der Waals surface area (Å²) in [4.78, 5) is 13.9. The van der Waals surface area contributed by atoms with E-state index >= 15 is 0 Å². The highest BCUT2D eigenvalue weighted by atomic mass is 32.2. The molecular formula is C15H22N2O3S. The van der Waals surface area contributed by atoms with Gasteiger partial charge in [0.25, 0.3) is 0 Å². The number of nitrogens with one attached hydrogen (secondary N) is 1. The Hall–Kier alpha value is -1.40. The number of benzene rings is 1. The average Bonchev–Trinajstić information content (AvgIpc) is 2.78. The number of aryl methyl sites for hydroxylation is 1. The third kappa shape index (κ3) is 5.13. The molecule has 0 aromatic heterocycles. The highest BCUT2D eigenvalue weighted by Gasteiger charge is 2.30. The Bertz CT molecular complexity index is 572.